The Balaban J connectivity index is 0.000000262. The highest BCUT2D eigenvalue weighted by Gasteiger charge is 1.85. The zero-order valence-electron chi connectivity index (χ0n) is 7.69. The van der Waals surface area contributed by atoms with Crippen LogP contribution < -0.4 is 33.8 Å². The van der Waals surface area contributed by atoms with Crippen LogP contribution in [0.2, 0.25) is 0 Å². The van der Waals surface area contributed by atoms with Crippen molar-refractivity contribution in [3.05, 3.63) is 12.1 Å². The third-order valence-electron chi connectivity index (χ3n) is 0.956. The number of thiophene rings is 1. The van der Waals surface area contributed by atoms with E-state index < -0.39 is 0 Å². The van der Waals surface area contributed by atoms with Gasteiger partial charge in [-0.05, 0) is 36.6 Å². The number of nitrogens with one attached hydrogen (secondary N) is 2. The molecular weight excluding hydrogens is 252 g/mol. The number of anilines is 2. The van der Waals surface area contributed by atoms with Crippen LogP contribution in [0.4, 0.5) is 10.0 Å². The van der Waals surface area contributed by atoms with Crippen LogP contribution in [0.5, 0.6) is 0 Å². The third-order valence-corrected chi connectivity index (χ3v) is 1.90. The average Bonchev–Trinajstić information content (AvgIpc) is 2.47. The first-order valence-corrected chi connectivity index (χ1v) is 5.26. The van der Waals surface area contributed by atoms with E-state index in [0.29, 0.717) is 0 Å². The van der Waals surface area contributed by atoms with Gasteiger partial charge in [-0.25, -0.2) is 0 Å². The van der Waals surface area contributed by atoms with Crippen LogP contribution in [-0.2, 0) is 0 Å². The molecular formula is C6H12N6S3. The lowest BCUT2D eigenvalue weighted by Gasteiger charge is -2.02. The summed E-state index contributed by atoms with van der Waals surface area (Å²) in [5.74, 6) is 0. The molecule has 0 saturated heterocycles. The summed E-state index contributed by atoms with van der Waals surface area (Å²) in [4.78, 5) is 0. The fourth-order valence-electron chi connectivity index (χ4n) is 0.492. The number of nitrogens with two attached hydrogens (primary N) is 4. The van der Waals surface area contributed by atoms with Crippen molar-refractivity contribution >= 4 is 56.0 Å². The van der Waals surface area contributed by atoms with Crippen LogP contribution in [0, 0.1) is 0 Å². The molecule has 0 radical (unpaired) electrons. The van der Waals surface area contributed by atoms with E-state index in [9.17, 15) is 0 Å². The molecule has 10 N–H and O–H groups in total. The summed E-state index contributed by atoms with van der Waals surface area (Å²) in [6, 6.07) is 3.58. The van der Waals surface area contributed by atoms with Gasteiger partial charge in [0.15, 0.2) is 10.2 Å². The predicted molar refractivity (Wildman–Crippen MR) is 73.0 cm³/mol. The normalized spacial score (nSPS) is 8.27. The highest BCUT2D eigenvalue weighted by atomic mass is 32.1. The maximum atomic E-state index is 5.32. The molecule has 0 unspecified atom stereocenters. The van der Waals surface area contributed by atoms with Crippen molar-refractivity contribution in [2.24, 2.45) is 11.5 Å². The Morgan fingerprint density at radius 2 is 1.33 bits per heavy atom. The van der Waals surface area contributed by atoms with E-state index in [-0.39, 0.29) is 10.2 Å². The van der Waals surface area contributed by atoms with Gasteiger partial charge in [0, 0.05) is 0 Å². The summed E-state index contributed by atoms with van der Waals surface area (Å²) >= 11 is 10.2. The lowest BCUT2D eigenvalue weighted by Crippen LogP contribution is -2.46. The van der Waals surface area contributed by atoms with Crippen LogP contribution in [0.1, 0.15) is 0 Å². The van der Waals surface area contributed by atoms with E-state index in [1.807, 2.05) is 0 Å². The molecule has 0 spiro atoms. The van der Waals surface area contributed by atoms with Gasteiger partial charge in [0.25, 0.3) is 0 Å². The Bertz CT molecular complexity index is 305. The molecule has 1 heterocycles. The second-order valence-electron chi connectivity index (χ2n) is 2.22. The molecule has 6 nitrogen and oxygen atoms in total. The van der Waals surface area contributed by atoms with E-state index >= 15 is 0 Å². The highest BCUT2D eigenvalue weighted by Crippen LogP contribution is 2.18. The SMILES string of the molecule is NC(=S)NNC(N)=S.Nc1ccc(N)s1. The van der Waals surface area contributed by atoms with E-state index in [4.69, 9.17) is 22.9 Å². The number of hydrogen-bond acceptors (Lipinski definition) is 5. The Labute approximate surface area is 102 Å². The van der Waals surface area contributed by atoms with Crippen molar-refractivity contribution in [3.8, 4) is 0 Å². The molecule has 9 heteroatoms. The first-order chi connectivity index (χ1) is 6.91. The molecule has 1 aromatic heterocycles. The van der Waals surface area contributed by atoms with Gasteiger partial charge in [-0.15, -0.1) is 11.3 Å². The first-order valence-electron chi connectivity index (χ1n) is 3.63. The van der Waals surface area contributed by atoms with Crippen molar-refractivity contribution in [3.63, 3.8) is 0 Å². The van der Waals surface area contributed by atoms with Gasteiger partial charge in [0.2, 0.25) is 0 Å². The maximum absolute atomic E-state index is 5.32. The zero-order valence-corrected chi connectivity index (χ0v) is 10.1. The molecule has 0 atom stereocenters. The molecule has 1 aromatic rings. The minimum Gasteiger partial charge on any atom is -0.391 e. The number of rotatable bonds is 0. The molecule has 0 aromatic carbocycles. The largest absolute Gasteiger partial charge is 0.391 e. The topological polar surface area (TPSA) is 128 Å². The molecule has 84 valence electrons. The van der Waals surface area contributed by atoms with Gasteiger partial charge in [-0.1, -0.05) is 0 Å². The van der Waals surface area contributed by atoms with Crippen molar-refractivity contribution < 1.29 is 0 Å². The molecule has 15 heavy (non-hydrogen) atoms. The standard InChI is InChI=1S/C4H6N2S.C2H6N4S2/c5-3-1-2-4(6)7-3;3-1(7)5-6-2(4)8/h1-2H,5-6H2;(H3,3,5,7)(H3,4,6,8). The van der Waals surface area contributed by atoms with E-state index in [1.54, 1.807) is 12.1 Å². The molecule has 1 rings (SSSR count). The van der Waals surface area contributed by atoms with Crippen LogP contribution >= 0.6 is 35.8 Å². The van der Waals surface area contributed by atoms with Gasteiger partial charge in [0.1, 0.15) is 0 Å². The van der Waals surface area contributed by atoms with E-state index in [1.165, 1.54) is 11.3 Å². The molecule has 0 aliphatic heterocycles. The van der Waals surface area contributed by atoms with Gasteiger partial charge in [-0.3, -0.25) is 10.9 Å². The Hall–Kier alpha value is -1.32. The lowest BCUT2D eigenvalue weighted by molar-refractivity contribution is 0.874. The van der Waals surface area contributed by atoms with Gasteiger partial charge in [-0.2, -0.15) is 0 Å². The van der Waals surface area contributed by atoms with Crippen molar-refractivity contribution in [2.75, 3.05) is 11.5 Å². The summed E-state index contributed by atoms with van der Waals surface area (Å²) < 4.78 is 0. The predicted octanol–water partition coefficient (Wildman–Crippen LogP) is -0.520. The minimum atomic E-state index is 0.109. The zero-order chi connectivity index (χ0) is 11.8. The monoisotopic (exact) mass is 264 g/mol. The summed E-state index contributed by atoms with van der Waals surface area (Å²) in [6.45, 7) is 0. The van der Waals surface area contributed by atoms with Crippen LogP contribution in [0.3, 0.4) is 0 Å². The molecule has 0 bridgehead atoms. The summed E-state index contributed by atoms with van der Waals surface area (Å²) in [5, 5.41) is 1.77. The second-order valence-corrected chi connectivity index (χ2v) is 4.25. The summed E-state index contributed by atoms with van der Waals surface area (Å²) in [6.07, 6.45) is 0. The molecule has 0 aliphatic rings. The van der Waals surface area contributed by atoms with Crippen LogP contribution in [-0.4, -0.2) is 10.2 Å². The van der Waals surface area contributed by atoms with Crippen LogP contribution in [0.15, 0.2) is 12.1 Å². The van der Waals surface area contributed by atoms with Crippen LogP contribution in [0.25, 0.3) is 0 Å². The maximum Gasteiger partial charge on any atom is 0.182 e. The molecule has 0 saturated carbocycles. The molecule has 0 fully saturated rings. The molecule has 0 aliphatic carbocycles. The quantitative estimate of drug-likeness (QED) is 0.273. The fourth-order valence-corrected chi connectivity index (χ4v) is 1.14. The van der Waals surface area contributed by atoms with E-state index in [2.05, 4.69) is 35.3 Å². The first kappa shape index (κ1) is 13.7. The van der Waals surface area contributed by atoms with Gasteiger partial charge in [0.05, 0.1) is 10.0 Å². The lowest BCUT2D eigenvalue weighted by atomic mass is 10.6. The third kappa shape index (κ3) is 9.00. The van der Waals surface area contributed by atoms with Crippen molar-refractivity contribution in [1.82, 2.24) is 10.9 Å². The van der Waals surface area contributed by atoms with Crippen molar-refractivity contribution in [1.29, 1.82) is 0 Å². The van der Waals surface area contributed by atoms with Gasteiger partial charge < -0.3 is 22.9 Å². The number of thiocarbonyl (C=S) groups is 2. The minimum absolute atomic E-state index is 0.109. The van der Waals surface area contributed by atoms with E-state index in [0.717, 1.165) is 10.0 Å². The summed E-state index contributed by atoms with van der Waals surface area (Å²) in [5.41, 5.74) is 25.3. The number of hydrogen-bond donors (Lipinski definition) is 6. The molecule has 0 amide bonds. The second kappa shape index (κ2) is 7.04. The smallest absolute Gasteiger partial charge is 0.182 e. The highest BCUT2D eigenvalue weighted by molar-refractivity contribution is 7.80. The Kier molecular flexibility index (Phi) is 6.42. The van der Waals surface area contributed by atoms with Crippen molar-refractivity contribution in [2.45, 2.75) is 0 Å². The average molecular weight is 264 g/mol. The van der Waals surface area contributed by atoms with Gasteiger partial charge >= 0.3 is 0 Å². The Morgan fingerprint density at radius 3 is 1.47 bits per heavy atom. The number of hydrazine groups is 1. The summed E-state index contributed by atoms with van der Waals surface area (Å²) in [7, 11) is 0. The fraction of sp³-hybridized carbons (Fsp3) is 0. The Morgan fingerprint density at radius 1 is 1.00 bits per heavy atom. The number of nitrogen functional groups attached to an aromatic ring is 2.